The Balaban J connectivity index is 1.43. The zero-order valence-electron chi connectivity index (χ0n) is 17.0. The highest BCUT2D eigenvalue weighted by Gasteiger charge is 2.10. The van der Waals surface area contributed by atoms with Gasteiger partial charge in [0, 0.05) is 13.2 Å². The van der Waals surface area contributed by atoms with Gasteiger partial charge in [-0.15, -0.1) is 0 Å². The first kappa shape index (κ1) is 21.3. The lowest BCUT2D eigenvalue weighted by atomic mass is 9.78. The second-order valence-corrected chi connectivity index (χ2v) is 7.33. The van der Waals surface area contributed by atoms with E-state index in [0.29, 0.717) is 28.2 Å². The van der Waals surface area contributed by atoms with E-state index < -0.39 is 0 Å². The Bertz CT molecular complexity index is 879. The number of hydrogen-bond acceptors (Lipinski definition) is 4. The van der Waals surface area contributed by atoms with Gasteiger partial charge in [-0.05, 0) is 23.5 Å². The molecule has 6 heteroatoms. The van der Waals surface area contributed by atoms with Gasteiger partial charge in [-0.25, -0.2) is 0 Å². The van der Waals surface area contributed by atoms with Crippen LogP contribution in [0.15, 0.2) is 78.9 Å². The van der Waals surface area contributed by atoms with Gasteiger partial charge in [-0.2, -0.15) is 0 Å². The monoisotopic (exact) mass is 386 g/mol. The lowest BCUT2D eigenvalue weighted by Crippen LogP contribution is -2.29. The highest BCUT2D eigenvalue weighted by atomic mass is 16.4. The second kappa shape index (κ2) is 11.0. The summed E-state index contributed by atoms with van der Waals surface area (Å²) in [6, 6.07) is 26.1. The minimum atomic E-state index is -0.113. The third-order valence-electron chi connectivity index (χ3n) is 4.98. The Morgan fingerprint density at radius 1 is 0.724 bits per heavy atom. The van der Waals surface area contributed by atoms with Crippen LogP contribution in [-0.4, -0.2) is 28.2 Å². The van der Waals surface area contributed by atoms with E-state index in [1.807, 2.05) is 60.7 Å². The molecule has 0 amide bonds. The van der Waals surface area contributed by atoms with Gasteiger partial charge in [0.1, 0.15) is 0 Å². The molecule has 0 saturated carbocycles. The van der Waals surface area contributed by atoms with Crippen molar-refractivity contribution in [1.82, 2.24) is 0 Å². The molecule has 0 aliphatic rings. The molecule has 0 bridgehead atoms. The Morgan fingerprint density at radius 2 is 1.24 bits per heavy atom. The molecule has 4 N–H and O–H groups in total. The van der Waals surface area contributed by atoms with Gasteiger partial charge >= 0.3 is 15.0 Å². The van der Waals surface area contributed by atoms with E-state index in [9.17, 15) is 0 Å². The predicted octanol–water partition coefficient (Wildman–Crippen LogP) is 1.38. The summed E-state index contributed by atoms with van der Waals surface area (Å²) in [6.45, 7) is 3.08. The molecule has 29 heavy (non-hydrogen) atoms. The zero-order chi connectivity index (χ0) is 20.5. The molecule has 0 aliphatic carbocycles. The number of benzene rings is 3. The second-order valence-electron chi connectivity index (χ2n) is 7.33. The summed E-state index contributed by atoms with van der Waals surface area (Å²) in [4.78, 5) is 0. The quantitative estimate of drug-likeness (QED) is 0.517. The fourth-order valence-corrected chi connectivity index (χ4v) is 3.20. The Labute approximate surface area is 174 Å². The summed E-state index contributed by atoms with van der Waals surface area (Å²) >= 11 is 0. The van der Waals surface area contributed by atoms with Gasteiger partial charge in [0.15, 0.2) is 0 Å². The van der Waals surface area contributed by atoms with Crippen molar-refractivity contribution in [2.24, 2.45) is 11.5 Å². The molecular weight excluding hydrogens is 358 g/mol. The molecule has 0 spiro atoms. The lowest BCUT2D eigenvalue weighted by Gasteiger charge is -2.14. The lowest BCUT2D eigenvalue weighted by molar-refractivity contribution is 0.310. The summed E-state index contributed by atoms with van der Waals surface area (Å²) in [5.74, 6) is 0. The normalized spacial score (nSPS) is 12.9. The Hall–Kier alpha value is -2.37. The van der Waals surface area contributed by atoms with E-state index in [-0.39, 0.29) is 12.1 Å². The first-order valence-corrected chi connectivity index (χ1v) is 9.98. The first-order valence-electron chi connectivity index (χ1n) is 9.98. The maximum absolute atomic E-state index is 6.19. The van der Waals surface area contributed by atoms with E-state index in [4.69, 9.17) is 20.8 Å². The number of aryl methyl sites for hydroxylation is 1. The van der Waals surface area contributed by atoms with Crippen molar-refractivity contribution in [2.75, 3.05) is 13.2 Å². The molecule has 2 unspecified atom stereocenters. The van der Waals surface area contributed by atoms with Gasteiger partial charge in [0.2, 0.25) is 0 Å². The third-order valence-corrected chi connectivity index (χ3v) is 4.98. The predicted molar refractivity (Wildman–Crippen MR) is 123 cm³/mol. The van der Waals surface area contributed by atoms with Crippen molar-refractivity contribution in [3.8, 4) is 0 Å². The van der Waals surface area contributed by atoms with Crippen molar-refractivity contribution >= 4 is 25.9 Å². The summed E-state index contributed by atoms with van der Waals surface area (Å²) < 4.78 is 11.7. The summed E-state index contributed by atoms with van der Waals surface area (Å²) in [7, 11) is 1.09. The topological polar surface area (TPSA) is 70.5 Å². The van der Waals surface area contributed by atoms with Crippen LogP contribution in [-0.2, 0) is 9.31 Å². The van der Waals surface area contributed by atoms with Crippen LogP contribution in [0.2, 0.25) is 0 Å². The molecule has 3 aromatic carbocycles. The third kappa shape index (κ3) is 6.58. The number of nitrogens with two attached hydrogens (primary N) is 2. The van der Waals surface area contributed by atoms with Crippen LogP contribution in [0.4, 0.5) is 0 Å². The van der Waals surface area contributed by atoms with Gasteiger partial charge in [-0.3, -0.25) is 0 Å². The molecule has 2 atom stereocenters. The highest BCUT2D eigenvalue weighted by Crippen LogP contribution is 2.10. The average molecular weight is 386 g/mol. The zero-order valence-corrected chi connectivity index (χ0v) is 17.0. The van der Waals surface area contributed by atoms with E-state index >= 15 is 0 Å². The molecule has 4 nitrogen and oxygen atoms in total. The molecule has 0 radical (unpaired) electrons. The molecule has 0 saturated heterocycles. The molecular formula is C23H28B2N2O2. The average Bonchev–Trinajstić information content (AvgIpc) is 2.76. The van der Waals surface area contributed by atoms with Crippen LogP contribution in [0.25, 0.3) is 0 Å². The molecule has 3 rings (SSSR count). The van der Waals surface area contributed by atoms with Crippen molar-refractivity contribution in [3.63, 3.8) is 0 Å². The summed E-state index contributed by atoms with van der Waals surface area (Å²) in [6.07, 6.45) is 0. The van der Waals surface area contributed by atoms with Crippen molar-refractivity contribution in [1.29, 1.82) is 0 Å². The minimum absolute atomic E-state index is 0.112. The van der Waals surface area contributed by atoms with Crippen LogP contribution in [0, 0.1) is 6.92 Å². The number of rotatable bonds is 10. The largest absolute Gasteiger partial charge is 0.432 e. The van der Waals surface area contributed by atoms with Gasteiger partial charge in [0.25, 0.3) is 0 Å². The maximum atomic E-state index is 6.19. The van der Waals surface area contributed by atoms with Gasteiger partial charge in [-0.1, -0.05) is 89.9 Å². The molecule has 0 fully saturated rings. The molecule has 3 aromatic rings. The van der Waals surface area contributed by atoms with E-state index in [1.54, 1.807) is 0 Å². The van der Waals surface area contributed by atoms with E-state index in [1.165, 1.54) is 5.56 Å². The SMILES string of the molecule is Cc1cc(BOCC(N)c2ccccc2)ccc1BOCC(N)c1ccccc1. The highest BCUT2D eigenvalue weighted by molar-refractivity contribution is 6.50. The minimum Gasteiger partial charge on any atom is -0.432 e. The standard InChI is InChI=1S/C23H28B2N2O2/c1-17-14-20(24-28-15-22(26)18-8-4-2-5-9-18)12-13-21(17)25-29-16-23(27)19-10-6-3-7-11-19/h2-14,22-25H,15-16,26-27H2,1H3. The first-order chi connectivity index (χ1) is 14.1. The van der Waals surface area contributed by atoms with Crippen LogP contribution in [0.5, 0.6) is 0 Å². The van der Waals surface area contributed by atoms with Gasteiger partial charge < -0.3 is 20.8 Å². The van der Waals surface area contributed by atoms with Crippen LogP contribution in [0.3, 0.4) is 0 Å². The van der Waals surface area contributed by atoms with Gasteiger partial charge in [0.05, 0.1) is 12.1 Å². The fourth-order valence-electron chi connectivity index (χ4n) is 3.20. The van der Waals surface area contributed by atoms with Crippen molar-refractivity contribution in [3.05, 3.63) is 95.6 Å². The molecule has 0 aliphatic heterocycles. The maximum Gasteiger partial charge on any atom is 0.308 e. The summed E-state index contributed by atoms with van der Waals surface area (Å²) in [5.41, 5.74) is 18.0. The van der Waals surface area contributed by atoms with E-state index in [2.05, 4.69) is 25.1 Å². The smallest absolute Gasteiger partial charge is 0.308 e. The van der Waals surface area contributed by atoms with Crippen LogP contribution >= 0.6 is 0 Å². The Morgan fingerprint density at radius 3 is 1.76 bits per heavy atom. The van der Waals surface area contributed by atoms with E-state index in [0.717, 1.165) is 22.1 Å². The fraction of sp³-hybridized carbons (Fsp3) is 0.217. The Kier molecular flexibility index (Phi) is 8.08. The molecule has 0 aromatic heterocycles. The molecule has 148 valence electrons. The van der Waals surface area contributed by atoms with Crippen LogP contribution < -0.4 is 22.4 Å². The summed E-state index contributed by atoms with van der Waals surface area (Å²) in [5, 5.41) is 0. The number of hydrogen-bond donors (Lipinski definition) is 2. The van der Waals surface area contributed by atoms with Crippen LogP contribution in [0.1, 0.15) is 28.8 Å². The van der Waals surface area contributed by atoms with Crippen molar-refractivity contribution in [2.45, 2.75) is 19.0 Å². The molecule has 0 heterocycles. The van der Waals surface area contributed by atoms with Crippen molar-refractivity contribution < 1.29 is 9.31 Å².